The molecule has 1 aliphatic rings. The van der Waals surface area contributed by atoms with Gasteiger partial charge < -0.3 is 10.2 Å². The first kappa shape index (κ1) is 19.4. The Morgan fingerprint density at radius 3 is 2.44 bits per heavy atom. The lowest BCUT2D eigenvalue weighted by Crippen LogP contribution is -2.45. The van der Waals surface area contributed by atoms with Crippen LogP contribution in [0.5, 0.6) is 0 Å². The molecular formula is C20H29FN2O2. The minimum atomic E-state index is -0.232. The fourth-order valence-electron chi connectivity index (χ4n) is 3.42. The fourth-order valence-corrected chi connectivity index (χ4v) is 3.42. The van der Waals surface area contributed by atoms with Crippen LogP contribution < -0.4 is 5.32 Å². The largest absolute Gasteiger partial charge is 0.356 e. The van der Waals surface area contributed by atoms with E-state index in [1.54, 1.807) is 18.2 Å². The summed E-state index contributed by atoms with van der Waals surface area (Å²) in [6.07, 6.45) is 3.64. The molecule has 1 N–H and O–H groups in total. The predicted octanol–water partition coefficient (Wildman–Crippen LogP) is 3.16. The van der Waals surface area contributed by atoms with Crippen LogP contribution in [0.1, 0.15) is 45.1 Å². The van der Waals surface area contributed by atoms with Gasteiger partial charge in [-0.2, -0.15) is 0 Å². The monoisotopic (exact) mass is 348 g/mol. The molecule has 2 amide bonds. The van der Waals surface area contributed by atoms with Gasteiger partial charge in [0, 0.05) is 31.5 Å². The van der Waals surface area contributed by atoms with Crippen LogP contribution in [0.25, 0.3) is 0 Å². The van der Waals surface area contributed by atoms with Crippen LogP contribution in [-0.4, -0.2) is 36.3 Å². The van der Waals surface area contributed by atoms with Crippen molar-refractivity contribution in [3.8, 4) is 0 Å². The number of benzene rings is 1. The highest BCUT2D eigenvalue weighted by molar-refractivity contribution is 5.81. The number of hydrogen-bond donors (Lipinski definition) is 1. The number of carbonyl (C=O) groups is 2. The summed E-state index contributed by atoms with van der Waals surface area (Å²) in [5.41, 5.74) is 0.619. The highest BCUT2D eigenvalue weighted by Crippen LogP contribution is 2.21. The number of nitrogens with one attached hydrogen (secondary N) is 1. The summed E-state index contributed by atoms with van der Waals surface area (Å²) in [4.78, 5) is 26.6. The molecule has 1 fully saturated rings. The topological polar surface area (TPSA) is 49.4 Å². The number of amides is 2. The molecule has 25 heavy (non-hydrogen) atoms. The molecule has 1 aromatic carbocycles. The molecule has 1 aliphatic heterocycles. The van der Waals surface area contributed by atoms with E-state index < -0.39 is 0 Å². The van der Waals surface area contributed by atoms with E-state index >= 15 is 0 Å². The average molecular weight is 348 g/mol. The standard InChI is InChI=1S/C20H29FN2O2/c1-3-15(4-2)20(25)23-13-10-17(11-14-23)19(24)22-12-9-16-7-5-6-8-18(16)21/h5-8,15,17H,3-4,9-14H2,1-2H3,(H,22,24). The molecule has 1 saturated heterocycles. The van der Waals surface area contributed by atoms with E-state index in [0.29, 0.717) is 44.5 Å². The first-order chi connectivity index (χ1) is 12.1. The van der Waals surface area contributed by atoms with Crippen LogP contribution in [0.2, 0.25) is 0 Å². The summed E-state index contributed by atoms with van der Waals surface area (Å²) in [6, 6.07) is 6.63. The van der Waals surface area contributed by atoms with Crippen LogP contribution in [0.3, 0.4) is 0 Å². The van der Waals surface area contributed by atoms with Gasteiger partial charge in [-0.05, 0) is 43.7 Å². The van der Waals surface area contributed by atoms with E-state index in [1.165, 1.54) is 6.07 Å². The molecule has 0 unspecified atom stereocenters. The Kier molecular flexibility index (Phi) is 7.41. The molecule has 1 aromatic rings. The molecule has 2 rings (SSSR count). The molecule has 0 aromatic heterocycles. The van der Waals surface area contributed by atoms with Crippen LogP contribution in [0.4, 0.5) is 4.39 Å². The van der Waals surface area contributed by atoms with E-state index in [-0.39, 0.29) is 29.5 Å². The van der Waals surface area contributed by atoms with Gasteiger partial charge in [0.15, 0.2) is 0 Å². The Morgan fingerprint density at radius 2 is 1.84 bits per heavy atom. The van der Waals surface area contributed by atoms with Crippen molar-refractivity contribution in [2.45, 2.75) is 46.0 Å². The molecule has 1 heterocycles. The molecule has 5 heteroatoms. The fraction of sp³-hybridized carbons (Fsp3) is 0.600. The number of hydrogen-bond acceptors (Lipinski definition) is 2. The first-order valence-electron chi connectivity index (χ1n) is 9.36. The third-order valence-electron chi connectivity index (χ3n) is 5.16. The third-order valence-corrected chi connectivity index (χ3v) is 5.16. The number of likely N-dealkylation sites (tertiary alicyclic amines) is 1. The predicted molar refractivity (Wildman–Crippen MR) is 96.5 cm³/mol. The third kappa shape index (κ3) is 5.28. The van der Waals surface area contributed by atoms with Gasteiger partial charge in [0.05, 0.1) is 0 Å². The van der Waals surface area contributed by atoms with Crippen molar-refractivity contribution in [2.24, 2.45) is 11.8 Å². The molecule has 0 saturated carbocycles. The zero-order valence-electron chi connectivity index (χ0n) is 15.3. The Bertz CT molecular complexity index is 579. The Labute approximate surface area is 149 Å². The molecule has 0 bridgehead atoms. The van der Waals surface area contributed by atoms with Crippen molar-refractivity contribution in [1.29, 1.82) is 0 Å². The van der Waals surface area contributed by atoms with Crippen LogP contribution in [0, 0.1) is 17.7 Å². The summed E-state index contributed by atoms with van der Waals surface area (Å²) in [5.74, 6) is 0.0665. The van der Waals surface area contributed by atoms with Gasteiger partial charge in [-0.1, -0.05) is 32.0 Å². The maximum Gasteiger partial charge on any atom is 0.225 e. The van der Waals surface area contributed by atoms with Gasteiger partial charge in [0.2, 0.25) is 11.8 Å². The molecule has 0 atom stereocenters. The van der Waals surface area contributed by atoms with Crippen molar-refractivity contribution in [1.82, 2.24) is 10.2 Å². The Morgan fingerprint density at radius 1 is 1.20 bits per heavy atom. The second-order valence-electron chi connectivity index (χ2n) is 6.75. The number of nitrogens with zero attached hydrogens (tertiary/aromatic N) is 1. The maximum absolute atomic E-state index is 13.6. The summed E-state index contributed by atoms with van der Waals surface area (Å²) < 4.78 is 13.6. The molecule has 0 radical (unpaired) electrons. The highest BCUT2D eigenvalue weighted by Gasteiger charge is 2.29. The number of carbonyl (C=O) groups excluding carboxylic acids is 2. The second-order valence-corrected chi connectivity index (χ2v) is 6.75. The quantitative estimate of drug-likeness (QED) is 0.823. The summed E-state index contributed by atoms with van der Waals surface area (Å²) in [6.45, 7) is 5.83. The second kappa shape index (κ2) is 9.54. The molecule has 0 spiro atoms. The highest BCUT2D eigenvalue weighted by atomic mass is 19.1. The minimum absolute atomic E-state index is 0.0194. The summed E-state index contributed by atoms with van der Waals surface area (Å²) in [5, 5.41) is 2.91. The van der Waals surface area contributed by atoms with Crippen LogP contribution in [0.15, 0.2) is 24.3 Å². The maximum atomic E-state index is 13.6. The lowest BCUT2D eigenvalue weighted by molar-refractivity contribution is -0.139. The van der Waals surface area contributed by atoms with E-state index in [1.807, 2.05) is 18.7 Å². The van der Waals surface area contributed by atoms with Crippen LogP contribution >= 0.6 is 0 Å². The zero-order valence-corrected chi connectivity index (χ0v) is 15.3. The number of piperidine rings is 1. The molecule has 4 nitrogen and oxygen atoms in total. The molecular weight excluding hydrogens is 319 g/mol. The number of rotatable bonds is 7. The Balaban J connectivity index is 1.74. The lowest BCUT2D eigenvalue weighted by Gasteiger charge is -2.33. The lowest BCUT2D eigenvalue weighted by atomic mass is 9.93. The van der Waals surface area contributed by atoms with Gasteiger partial charge in [-0.15, -0.1) is 0 Å². The van der Waals surface area contributed by atoms with Gasteiger partial charge in [0.1, 0.15) is 5.82 Å². The molecule has 0 aliphatic carbocycles. The average Bonchev–Trinajstić information content (AvgIpc) is 2.64. The van der Waals surface area contributed by atoms with Gasteiger partial charge in [0.25, 0.3) is 0 Å². The van der Waals surface area contributed by atoms with Gasteiger partial charge in [-0.25, -0.2) is 4.39 Å². The minimum Gasteiger partial charge on any atom is -0.356 e. The van der Waals surface area contributed by atoms with Crippen molar-refractivity contribution in [3.63, 3.8) is 0 Å². The molecule has 138 valence electrons. The van der Waals surface area contributed by atoms with E-state index in [0.717, 1.165) is 12.8 Å². The Hall–Kier alpha value is -1.91. The van der Waals surface area contributed by atoms with Crippen molar-refractivity contribution >= 4 is 11.8 Å². The number of halogens is 1. The summed E-state index contributed by atoms with van der Waals surface area (Å²) >= 11 is 0. The van der Waals surface area contributed by atoms with Crippen molar-refractivity contribution in [2.75, 3.05) is 19.6 Å². The van der Waals surface area contributed by atoms with E-state index in [2.05, 4.69) is 5.32 Å². The van der Waals surface area contributed by atoms with Gasteiger partial charge >= 0.3 is 0 Å². The normalized spacial score (nSPS) is 15.4. The van der Waals surface area contributed by atoms with Crippen molar-refractivity contribution in [3.05, 3.63) is 35.6 Å². The van der Waals surface area contributed by atoms with Crippen molar-refractivity contribution < 1.29 is 14.0 Å². The van der Waals surface area contributed by atoms with Gasteiger partial charge in [-0.3, -0.25) is 9.59 Å². The van der Waals surface area contributed by atoms with E-state index in [9.17, 15) is 14.0 Å². The van der Waals surface area contributed by atoms with Crippen LogP contribution in [-0.2, 0) is 16.0 Å². The van der Waals surface area contributed by atoms with E-state index in [4.69, 9.17) is 0 Å². The summed E-state index contributed by atoms with van der Waals surface area (Å²) in [7, 11) is 0. The smallest absolute Gasteiger partial charge is 0.225 e. The SMILES string of the molecule is CCC(CC)C(=O)N1CCC(C(=O)NCCc2ccccc2F)CC1. The zero-order chi connectivity index (χ0) is 18.2. The first-order valence-corrected chi connectivity index (χ1v) is 9.36.